The van der Waals surface area contributed by atoms with Crippen LogP contribution in [0.3, 0.4) is 0 Å². The summed E-state index contributed by atoms with van der Waals surface area (Å²) in [5, 5.41) is 5.65. The fraction of sp³-hybridized carbons (Fsp3) is 0.692. The van der Waals surface area contributed by atoms with Gasteiger partial charge in [0, 0.05) is 4.88 Å². The zero-order valence-electron chi connectivity index (χ0n) is 9.96. The third kappa shape index (κ3) is 5.95. The van der Waals surface area contributed by atoms with Crippen molar-refractivity contribution in [1.82, 2.24) is 5.32 Å². The van der Waals surface area contributed by atoms with Gasteiger partial charge in [-0.05, 0) is 56.1 Å². The summed E-state index contributed by atoms with van der Waals surface area (Å²) in [5.74, 6) is 0.816. The molecule has 0 saturated heterocycles. The van der Waals surface area contributed by atoms with Crippen LogP contribution in [-0.2, 0) is 6.42 Å². The highest BCUT2D eigenvalue weighted by molar-refractivity contribution is 7.09. The molecule has 1 heterocycles. The Morgan fingerprint density at radius 2 is 2.33 bits per heavy atom. The lowest BCUT2D eigenvalue weighted by Crippen LogP contribution is -2.21. The first kappa shape index (κ1) is 12.7. The monoisotopic (exact) mass is 225 g/mol. The molecule has 1 N–H and O–H groups in total. The summed E-state index contributed by atoms with van der Waals surface area (Å²) in [7, 11) is 0. The Bertz CT molecular complexity index is 231. The van der Waals surface area contributed by atoms with Crippen LogP contribution < -0.4 is 5.32 Å². The maximum Gasteiger partial charge on any atom is 0.00452 e. The van der Waals surface area contributed by atoms with Gasteiger partial charge in [-0.3, -0.25) is 0 Å². The summed E-state index contributed by atoms with van der Waals surface area (Å²) in [6.45, 7) is 6.90. The fourth-order valence-corrected chi connectivity index (χ4v) is 2.46. The van der Waals surface area contributed by atoms with Crippen molar-refractivity contribution in [2.45, 2.75) is 39.5 Å². The predicted molar refractivity (Wildman–Crippen MR) is 69.6 cm³/mol. The fourth-order valence-electron chi connectivity index (χ4n) is 1.71. The van der Waals surface area contributed by atoms with Crippen molar-refractivity contribution >= 4 is 11.3 Å². The van der Waals surface area contributed by atoms with Crippen molar-refractivity contribution in [3.05, 3.63) is 22.4 Å². The minimum absolute atomic E-state index is 0.816. The summed E-state index contributed by atoms with van der Waals surface area (Å²) >= 11 is 1.88. The zero-order chi connectivity index (χ0) is 10.9. The molecule has 1 rings (SSSR count). The van der Waals surface area contributed by atoms with E-state index in [1.54, 1.807) is 0 Å². The Morgan fingerprint density at radius 3 is 3.00 bits per heavy atom. The maximum absolute atomic E-state index is 3.48. The van der Waals surface area contributed by atoms with Crippen molar-refractivity contribution in [3.8, 4) is 0 Å². The van der Waals surface area contributed by atoms with E-state index in [9.17, 15) is 0 Å². The smallest absolute Gasteiger partial charge is 0.00452 e. The van der Waals surface area contributed by atoms with E-state index in [1.165, 1.54) is 37.1 Å². The normalized spacial score (nSPS) is 12.9. The molecule has 1 aromatic rings. The number of hydrogen-bond donors (Lipinski definition) is 1. The van der Waals surface area contributed by atoms with Gasteiger partial charge in [0.25, 0.3) is 0 Å². The standard InChI is InChI=1S/C13H23NS/c1-3-9-14-11-12(2)6-4-7-13-8-5-10-15-13/h5,8,10,12,14H,3-4,6-7,9,11H2,1-2H3. The van der Waals surface area contributed by atoms with E-state index in [2.05, 4.69) is 36.7 Å². The molecule has 0 aromatic carbocycles. The zero-order valence-corrected chi connectivity index (χ0v) is 10.8. The molecule has 1 atom stereocenters. The lowest BCUT2D eigenvalue weighted by atomic mass is 10.0. The van der Waals surface area contributed by atoms with Crippen LogP contribution in [0.15, 0.2) is 17.5 Å². The lowest BCUT2D eigenvalue weighted by Gasteiger charge is -2.11. The molecule has 86 valence electrons. The van der Waals surface area contributed by atoms with E-state index in [-0.39, 0.29) is 0 Å². The summed E-state index contributed by atoms with van der Waals surface area (Å²) < 4.78 is 0. The van der Waals surface area contributed by atoms with Crippen LogP contribution in [0.2, 0.25) is 0 Å². The first-order valence-corrected chi connectivity index (χ1v) is 6.94. The van der Waals surface area contributed by atoms with E-state index in [0.29, 0.717) is 0 Å². The van der Waals surface area contributed by atoms with Gasteiger partial charge in [0.2, 0.25) is 0 Å². The van der Waals surface area contributed by atoms with Gasteiger partial charge >= 0.3 is 0 Å². The van der Waals surface area contributed by atoms with Crippen molar-refractivity contribution in [2.75, 3.05) is 13.1 Å². The van der Waals surface area contributed by atoms with Crippen LogP contribution in [0.5, 0.6) is 0 Å². The molecule has 0 aliphatic carbocycles. The summed E-state index contributed by atoms with van der Waals surface area (Å²) in [6, 6.07) is 4.39. The van der Waals surface area contributed by atoms with Crippen LogP contribution >= 0.6 is 11.3 Å². The van der Waals surface area contributed by atoms with Gasteiger partial charge in [0.15, 0.2) is 0 Å². The predicted octanol–water partition coefficient (Wildman–Crippen LogP) is 3.71. The van der Waals surface area contributed by atoms with Crippen molar-refractivity contribution in [3.63, 3.8) is 0 Å². The second kappa shape index (κ2) is 7.89. The molecule has 2 heteroatoms. The average Bonchev–Trinajstić information content (AvgIpc) is 2.71. The van der Waals surface area contributed by atoms with Gasteiger partial charge in [0.05, 0.1) is 0 Å². The van der Waals surface area contributed by atoms with Crippen LogP contribution in [0.4, 0.5) is 0 Å². The van der Waals surface area contributed by atoms with Crippen molar-refractivity contribution in [1.29, 1.82) is 0 Å². The third-order valence-corrected chi connectivity index (χ3v) is 3.56. The molecule has 1 nitrogen and oxygen atoms in total. The Kier molecular flexibility index (Phi) is 6.69. The van der Waals surface area contributed by atoms with E-state index < -0.39 is 0 Å². The quantitative estimate of drug-likeness (QED) is 0.665. The topological polar surface area (TPSA) is 12.0 Å². The van der Waals surface area contributed by atoms with E-state index in [0.717, 1.165) is 12.5 Å². The first-order valence-electron chi connectivity index (χ1n) is 6.06. The molecular weight excluding hydrogens is 202 g/mol. The molecule has 0 amide bonds. The number of aryl methyl sites for hydroxylation is 1. The van der Waals surface area contributed by atoms with Gasteiger partial charge in [-0.1, -0.05) is 19.9 Å². The van der Waals surface area contributed by atoms with Crippen LogP contribution in [0.25, 0.3) is 0 Å². The van der Waals surface area contributed by atoms with E-state index in [1.807, 2.05) is 11.3 Å². The number of rotatable bonds is 8. The van der Waals surface area contributed by atoms with Crippen LogP contribution in [-0.4, -0.2) is 13.1 Å². The Balaban J connectivity index is 1.99. The minimum atomic E-state index is 0.816. The van der Waals surface area contributed by atoms with Gasteiger partial charge in [-0.25, -0.2) is 0 Å². The summed E-state index contributed by atoms with van der Waals surface area (Å²) in [5.41, 5.74) is 0. The SMILES string of the molecule is CCCNCC(C)CCCc1cccs1. The van der Waals surface area contributed by atoms with Crippen molar-refractivity contribution in [2.24, 2.45) is 5.92 Å². The highest BCUT2D eigenvalue weighted by Gasteiger charge is 2.01. The van der Waals surface area contributed by atoms with Crippen molar-refractivity contribution < 1.29 is 0 Å². The average molecular weight is 225 g/mol. The summed E-state index contributed by atoms with van der Waals surface area (Å²) in [6.07, 6.45) is 5.17. The largest absolute Gasteiger partial charge is 0.316 e. The highest BCUT2D eigenvalue weighted by atomic mass is 32.1. The number of nitrogens with one attached hydrogen (secondary N) is 1. The Morgan fingerprint density at radius 1 is 1.47 bits per heavy atom. The van der Waals surface area contributed by atoms with Gasteiger partial charge < -0.3 is 5.32 Å². The molecule has 0 aliphatic rings. The Labute approximate surface area is 97.9 Å². The third-order valence-electron chi connectivity index (χ3n) is 2.62. The second-order valence-corrected chi connectivity index (χ2v) is 5.31. The lowest BCUT2D eigenvalue weighted by molar-refractivity contribution is 0.468. The Hall–Kier alpha value is -0.340. The van der Waals surface area contributed by atoms with E-state index >= 15 is 0 Å². The molecule has 0 fully saturated rings. The summed E-state index contributed by atoms with van der Waals surface area (Å²) in [4.78, 5) is 1.53. The molecule has 0 aliphatic heterocycles. The number of thiophene rings is 1. The molecule has 1 aromatic heterocycles. The first-order chi connectivity index (χ1) is 7.33. The number of hydrogen-bond acceptors (Lipinski definition) is 2. The van der Waals surface area contributed by atoms with Gasteiger partial charge in [-0.15, -0.1) is 11.3 Å². The molecule has 0 bridgehead atoms. The molecule has 15 heavy (non-hydrogen) atoms. The maximum atomic E-state index is 3.48. The molecule has 0 spiro atoms. The van der Waals surface area contributed by atoms with E-state index in [4.69, 9.17) is 0 Å². The van der Waals surface area contributed by atoms with Gasteiger partial charge in [0.1, 0.15) is 0 Å². The highest BCUT2D eigenvalue weighted by Crippen LogP contribution is 2.14. The molecular formula is C13H23NS. The van der Waals surface area contributed by atoms with Crippen LogP contribution in [0, 0.1) is 5.92 Å². The molecule has 0 saturated carbocycles. The van der Waals surface area contributed by atoms with Crippen LogP contribution in [0.1, 0.15) is 38.0 Å². The second-order valence-electron chi connectivity index (χ2n) is 4.28. The minimum Gasteiger partial charge on any atom is -0.316 e. The molecule has 1 unspecified atom stereocenters. The van der Waals surface area contributed by atoms with Gasteiger partial charge in [-0.2, -0.15) is 0 Å². The molecule has 0 radical (unpaired) electrons.